The highest BCUT2D eigenvalue weighted by molar-refractivity contribution is 5.79. The van der Waals surface area contributed by atoms with Gasteiger partial charge in [-0.1, -0.05) is 13.8 Å². The van der Waals surface area contributed by atoms with Gasteiger partial charge >= 0.3 is 0 Å². The molecule has 1 atom stereocenters. The van der Waals surface area contributed by atoms with Crippen LogP contribution in [0.15, 0.2) is 4.99 Å². The molecule has 0 aliphatic carbocycles. The van der Waals surface area contributed by atoms with Crippen LogP contribution in [-0.2, 0) is 4.74 Å². The zero-order valence-electron chi connectivity index (χ0n) is 17.2. The largest absolute Gasteiger partial charge is 0.385 e. The minimum absolute atomic E-state index is 0.551. The summed E-state index contributed by atoms with van der Waals surface area (Å²) in [5.41, 5.74) is 0. The smallest absolute Gasteiger partial charge is 0.191 e. The molecule has 25 heavy (non-hydrogen) atoms. The molecule has 1 rings (SSSR count). The number of nitrogens with zero attached hydrogens (tertiary/aromatic N) is 3. The van der Waals surface area contributed by atoms with Gasteiger partial charge in [-0.2, -0.15) is 0 Å². The van der Waals surface area contributed by atoms with Crippen LogP contribution in [0.2, 0.25) is 0 Å². The third-order valence-electron chi connectivity index (χ3n) is 4.83. The predicted octanol–water partition coefficient (Wildman–Crippen LogP) is 1.63. The Bertz CT molecular complexity index is 356. The minimum atomic E-state index is 0.551. The molecule has 148 valence electrons. The van der Waals surface area contributed by atoms with E-state index in [1.165, 1.54) is 25.9 Å². The first-order chi connectivity index (χ1) is 12.1. The quantitative estimate of drug-likeness (QED) is 0.317. The third kappa shape index (κ3) is 9.42. The van der Waals surface area contributed by atoms with Crippen molar-refractivity contribution in [2.45, 2.75) is 46.1 Å². The Morgan fingerprint density at radius 2 is 1.92 bits per heavy atom. The van der Waals surface area contributed by atoms with Gasteiger partial charge in [0.15, 0.2) is 5.96 Å². The van der Waals surface area contributed by atoms with Crippen LogP contribution >= 0.6 is 0 Å². The Morgan fingerprint density at radius 3 is 2.52 bits per heavy atom. The van der Waals surface area contributed by atoms with E-state index >= 15 is 0 Å². The molecule has 6 nitrogen and oxygen atoms in total. The van der Waals surface area contributed by atoms with Gasteiger partial charge in [0.05, 0.1) is 6.54 Å². The predicted molar refractivity (Wildman–Crippen MR) is 107 cm³/mol. The van der Waals surface area contributed by atoms with Crippen LogP contribution in [0.3, 0.4) is 0 Å². The zero-order valence-corrected chi connectivity index (χ0v) is 17.2. The van der Waals surface area contributed by atoms with Crippen LogP contribution in [0, 0.1) is 5.92 Å². The fraction of sp³-hybridized carbons (Fsp3) is 0.947. The van der Waals surface area contributed by atoms with Gasteiger partial charge in [0, 0.05) is 45.9 Å². The molecule has 0 amide bonds. The van der Waals surface area contributed by atoms with Gasteiger partial charge in [0.1, 0.15) is 0 Å². The Labute approximate surface area is 155 Å². The average Bonchev–Trinajstić information content (AvgIpc) is 3.09. The highest BCUT2D eigenvalue weighted by Crippen LogP contribution is 2.17. The van der Waals surface area contributed by atoms with Crippen LogP contribution in [-0.4, -0.2) is 88.4 Å². The Kier molecular flexibility index (Phi) is 11.9. The summed E-state index contributed by atoms with van der Waals surface area (Å²) in [5.74, 6) is 1.58. The number of aliphatic imine (C=N–C) groups is 1. The molecule has 2 N–H and O–H groups in total. The van der Waals surface area contributed by atoms with Crippen molar-refractivity contribution in [3.8, 4) is 0 Å². The topological polar surface area (TPSA) is 52.1 Å². The molecule has 0 saturated carbocycles. The lowest BCUT2D eigenvalue weighted by Gasteiger charge is -2.29. The molecule has 1 aliphatic heterocycles. The molecule has 1 unspecified atom stereocenters. The van der Waals surface area contributed by atoms with Gasteiger partial charge in [-0.15, -0.1) is 0 Å². The number of ether oxygens (including phenoxy) is 1. The number of nitrogens with one attached hydrogen (secondary N) is 2. The van der Waals surface area contributed by atoms with Crippen LogP contribution in [0.25, 0.3) is 0 Å². The summed E-state index contributed by atoms with van der Waals surface area (Å²) in [6.45, 7) is 14.8. The summed E-state index contributed by atoms with van der Waals surface area (Å²) in [6.07, 6.45) is 3.74. The van der Waals surface area contributed by atoms with Crippen molar-refractivity contribution in [2.24, 2.45) is 10.9 Å². The van der Waals surface area contributed by atoms with Crippen molar-refractivity contribution in [1.82, 2.24) is 20.4 Å². The van der Waals surface area contributed by atoms with Crippen molar-refractivity contribution in [2.75, 3.05) is 66.6 Å². The van der Waals surface area contributed by atoms with Gasteiger partial charge in [-0.05, 0) is 52.2 Å². The van der Waals surface area contributed by atoms with Gasteiger partial charge < -0.3 is 20.3 Å². The SMILES string of the molecule is CCNC(=NCC(C(C)C)N1CCCC1)NCCN(C)CCCOC. The lowest BCUT2D eigenvalue weighted by atomic mass is 10.0. The van der Waals surface area contributed by atoms with Crippen LogP contribution in [0.5, 0.6) is 0 Å². The number of methoxy groups -OCH3 is 1. The highest BCUT2D eigenvalue weighted by Gasteiger charge is 2.24. The van der Waals surface area contributed by atoms with Crippen LogP contribution in [0.4, 0.5) is 0 Å². The third-order valence-corrected chi connectivity index (χ3v) is 4.83. The molecule has 0 aromatic rings. The number of likely N-dealkylation sites (N-methyl/N-ethyl adjacent to an activating group) is 1. The summed E-state index contributed by atoms with van der Waals surface area (Å²) >= 11 is 0. The van der Waals surface area contributed by atoms with E-state index in [4.69, 9.17) is 9.73 Å². The van der Waals surface area contributed by atoms with E-state index in [9.17, 15) is 0 Å². The standard InChI is InChI=1S/C19H41N5O/c1-6-20-19(21-10-14-23(4)11-9-15-25-5)22-16-18(17(2)3)24-12-7-8-13-24/h17-18H,6-16H2,1-5H3,(H2,20,21,22). The monoisotopic (exact) mass is 355 g/mol. The van der Waals surface area contributed by atoms with Gasteiger partial charge in [-0.25, -0.2) is 0 Å². The summed E-state index contributed by atoms with van der Waals surface area (Å²) < 4.78 is 5.11. The summed E-state index contributed by atoms with van der Waals surface area (Å²) in [6, 6.07) is 0.551. The number of rotatable bonds is 12. The second-order valence-corrected chi connectivity index (χ2v) is 7.35. The van der Waals surface area contributed by atoms with Crippen molar-refractivity contribution in [3.63, 3.8) is 0 Å². The fourth-order valence-electron chi connectivity index (χ4n) is 3.30. The number of hydrogen-bond donors (Lipinski definition) is 2. The molecule has 1 heterocycles. The zero-order chi connectivity index (χ0) is 18.5. The Morgan fingerprint density at radius 1 is 1.20 bits per heavy atom. The highest BCUT2D eigenvalue weighted by atomic mass is 16.5. The van der Waals surface area contributed by atoms with Crippen molar-refractivity contribution >= 4 is 5.96 Å². The maximum absolute atomic E-state index is 5.11. The Hall–Kier alpha value is -0.850. The average molecular weight is 356 g/mol. The van der Waals surface area contributed by atoms with E-state index in [1.54, 1.807) is 7.11 Å². The van der Waals surface area contributed by atoms with Crippen molar-refractivity contribution < 1.29 is 4.74 Å². The van der Waals surface area contributed by atoms with Crippen molar-refractivity contribution in [3.05, 3.63) is 0 Å². The van der Waals surface area contributed by atoms with Crippen molar-refractivity contribution in [1.29, 1.82) is 0 Å². The minimum Gasteiger partial charge on any atom is -0.385 e. The summed E-state index contributed by atoms with van der Waals surface area (Å²) in [5, 5.41) is 6.85. The number of hydrogen-bond acceptors (Lipinski definition) is 4. The molecule has 0 radical (unpaired) electrons. The first kappa shape index (κ1) is 22.2. The second-order valence-electron chi connectivity index (χ2n) is 7.35. The van der Waals surface area contributed by atoms with E-state index in [1.807, 2.05) is 0 Å². The molecular formula is C19H41N5O. The van der Waals surface area contributed by atoms with E-state index < -0.39 is 0 Å². The maximum atomic E-state index is 5.11. The molecule has 1 aliphatic rings. The number of guanidine groups is 1. The van der Waals surface area contributed by atoms with Crippen LogP contribution in [0.1, 0.15) is 40.0 Å². The second kappa shape index (κ2) is 13.4. The molecular weight excluding hydrogens is 314 g/mol. The molecule has 0 aromatic carbocycles. The molecule has 1 fully saturated rings. The van der Waals surface area contributed by atoms with Gasteiger partial charge in [0.25, 0.3) is 0 Å². The van der Waals surface area contributed by atoms with E-state index in [2.05, 4.69) is 48.3 Å². The van der Waals surface area contributed by atoms with Crippen LogP contribution < -0.4 is 10.6 Å². The molecule has 1 saturated heterocycles. The summed E-state index contributed by atoms with van der Waals surface area (Å²) in [7, 11) is 3.91. The Balaban J connectivity index is 2.41. The molecule has 0 spiro atoms. The normalized spacial score (nSPS) is 17.5. The summed E-state index contributed by atoms with van der Waals surface area (Å²) in [4.78, 5) is 9.81. The molecule has 0 aromatic heterocycles. The van der Waals surface area contributed by atoms with E-state index in [0.717, 1.165) is 51.7 Å². The van der Waals surface area contributed by atoms with E-state index in [0.29, 0.717) is 12.0 Å². The lowest BCUT2D eigenvalue weighted by Crippen LogP contribution is -2.43. The first-order valence-corrected chi connectivity index (χ1v) is 10.0. The molecule has 6 heteroatoms. The fourth-order valence-corrected chi connectivity index (χ4v) is 3.30. The lowest BCUT2D eigenvalue weighted by molar-refractivity contribution is 0.180. The van der Waals surface area contributed by atoms with E-state index in [-0.39, 0.29) is 0 Å². The molecule has 0 bridgehead atoms. The van der Waals surface area contributed by atoms with Gasteiger partial charge in [0.2, 0.25) is 0 Å². The van der Waals surface area contributed by atoms with Gasteiger partial charge in [-0.3, -0.25) is 9.89 Å². The first-order valence-electron chi connectivity index (χ1n) is 10.0. The number of likely N-dealkylation sites (tertiary alicyclic amines) is 1. The maximum Gasteiger partial charge on any atom is 0.191 e.